The number of rotatable bonds is 4. The van der Waals surface area contributed by atoms with Gasteiger partial charge in [-0.1, -0.05) is 0 Å². The van der Waals surface area contributed by atoms with Gasteiger partial charge in [0.15, 0.2) is 17.3 Å². The zero-order valence-corrected chi connectivity index (χ0v) is 13.7. The molecule has 0 radical (unpaired) electrons. The largest absolute Gasteiger partial charge is 0.339 e. The second-order valence-electron chi connectivity index (χ2n) is 5.92. The molecule has 1 aromatic carbocycles. The molecule has 6 nitrogen and oxygen atoms in total. The SMILES string of the molecule is CC(=O)c1ccc(Nc2ccc(C(=O)N3CCCCC3)nn2)cc1. The molecule has 0 atom stereocenters. The first kappa shape index (κ1) is 16.1. The summed E-state index contributed by atoms with van der Waals surface area (Å²) >= 11 is 0. The molecular formula is C18H20N4O2. The van der Waals surface area contributed by atoms with Gasteiger partial charge < -0.3 is 10.2 Å². The molecule has 0 aliphatic carbocycles. The van der Waals surface area contributed by atoms with Crippen molar-refractivity contribution in [1.82, 2.24) is 15.1 Å². The van der Waals surface area contributed by atoms with Crippen LogP contribution in [0.25, 0.3) is 0 Å². The Kier molecular flexibility index (Phi) is 4.84. The third-order valence-electron chi connectivity index (χ3n) is 4.09. The summed E-state index contributed by atoms with van der Waals surface area (Å²) in [7, 11) is 0. The zero-order chi connectivity index (χ0) is 16.9. The minimum absolute atomic E-state index is 0.0296. The van der Waals surface area contributed by atoms with E-state index in [-0.39, 0.29) is 11.7 Å². The fourth-order valence-electron chi connectivity index (χ4n) is 2.71. The molecule has 1 fully saturated rings. The summed E-state index contributed by atoms with van der Waals surface area (Å²) < 4.78 is 0. The number of benzene rings is 1. The number of piperidine rings is 1. The van der Waals surface area contributed by atoms with E-state index < -0.39 is 0 Å². The summed E-state index contributed by atoms with van der Waals surface area (Å²) in [4.78, 5) is 25.4. The molecule has 0 unspecified atom stereocenters. The van der Waals surface area contributed by atoms with Crippen molar-refractivity contribution in [3.8, 4) is 0 Å². The van der Waals surface area contributed by atoms with Gasteiger partial charge in [0.1, 0.15) is 0 Å². The molecule has 6 heteroatoms. The van der Waals surface area contributed by atoms with Crippen molar-refractivity contribution in [3.05, 3.63) is 47.7 Å². The Labute approximate surface area is 140 Å². The number of hydrogen-bond acceptors (Lipinski definition) is 5. The van der Waals surface area contributed by atoms with Crippen LogP contribution in [0.2, 0.25) is 0 Å². The molecule has 0 spiro atoms. The zero-order valence-electron chi connectivity index (χ0n) is 13.7. The highest BCUT2D eigenvalue weighted by molar-refractivity contribution is 5.94. The van der Waals surface area contributed by atoms with Crippen molar-refractivity contribution in [1.29, 1.82) is 0 Å². The summed E-state index contributed by atoms with van der Waals surface area (Å²) in [6.07, 6.45) is 3.28. The quantitative estimate of drug-likeness (QED) is 0.875. The van der Waals surface area contributed by atoms with E-state index in [4.69, 9.17) is 0 Å². The second-order valence-corrected chi connectivity index (χ2v) is 5.92. The van der Waals surface area contributed by atoms with Crippen LogP contribution in [0.5, 0.6) is 0 Å². The smallest absolute Gasteiger partial charge is 0.274 e. The lowest BCUT2D eigenvalue weighted by molar-refractivity contribution is 0.0717. The van der Waals surface area contributed by atoms with Crippen molar-refractivity contribution < 1.29 is 9.59 Å². The number of ketones is 1. The Morgan fingerprint density at radius 2 is 1.67 bits per heavy atom. The van der Waals surface area contributed by atoms with Crippen LogP contribution in [0.3, 0.4) is 0 Å². The Morgan fingerprint density at radius 1 is 0.958 bits per heavy atom. The minimum Gasteiger partial charge on any atom is -0.339 e. The molecular weight excluding hydrogens is 304 g/mol. The third kappa shape index (κ3) is 3.76. The minimum atomic E-state index is -0.0560. The average molecular weight is 324 g/mol. The number of carbonyl (C=O) groups is 2. The predicted molar refractivity (Wildman–Crippen MR) is 91.5 cm³/mol. The molecule has 0 saturated carbocycles. The predicted octanol–water partition coefficient (Wildman–Crippen LogP) is 3.05. The van der Waals surface area contributed by atoms with Gasteiger partial charge in [0.05, 0.1) is 0 Å². The molecule has 1 N–H and O–H groups in total. The summed E-state index contributed by atoms with van der Waals surface area (Å²) in [6, 6.07) is 10.6. The van der Waals surface area contributed by atoms with Crippen molar-refractivity contribution in [2.75, 3.05) is 18.4 Å². The van der Waals surface area contributed by atoms with Gasteiger partial charge in [-0.25, -0.2) is 0 Å². The van der Waals surface area contributed by atoms with Crippen LogP contribution in [-0.4, -0.2) is 39.9 Å². The van der Waals surface area contributed by atoms with Crippen LogP contribution in [0.4, 0.5) is 11.5 Å². The molecule has 2 heterocycles. The third-order valence-corrected chi connectivity index (χ3v) is 4.09. The molecule has 124 valence electrons. The maximum Gasteiger partial charge on any atom is 0.274 e. The van der Waals surface area contributed by atoms with E-state index in [2.05, 4.69) is 15.5 Å². The number of nitrogens with one attached hydrogen (secondary N) is 1. The Hall–Kier alpha value is -2.76. The van der Waals surface area contributed by atoms with E-state index in [1.807, 2.05) is 17.0 Å². The standard InChI is InChI=1S/C18H20N4O2/c1-13(23)14-5-7-15(8-6-14)19-17-10-9-16(20-21-17)18(24)22-11-3-2-4-12-22/h5-10H,2-4,11-12H2,1H3,(H,19,21). The first-order valence-corrected chi connectivity index (χ1v) is 8.14. The highest BCUT2D eigenvalue weighted by Gasteiger charge is 2.19. The number of likely N-dealkylation sites (tertiary alicyclic amines) is 1. The molecule has 1 saturated heterocycles. The van der Waals surface area contributed by atoms with Crippen molar-refractivity contribution >= 4 is 23.2 Å². The van der Waals surface area contributed by atoms with Gasteiger partial charge in [-0.2, -0.15) is 0 Å². The van der Waals surface area contributed by atoms with Crippen LogP contribution in [-0.2, 0) is 0 Å². The number of aromatic nitrogens is 2. The fraction of sp³-hybridized carbons (Fsp3) is 0.333. The van der Waals surface area contributed by atoms with Crippen LogP contribution in [0, 0.1) is 0 Å². The number of Topliss-reactive ketones (excluding diaryl/α,β-unsaturated/α-hetero) is 1. The van der Waals surface area contributed by atoms with Crippen LogP contribution in [0.15, 0.2) is 36.4 Å². The lowest BCUT2D eigenvalue weighted by Crippen LogP contribution is -2.36. The van der Waals surface area contributed by atoms with E-state index in [1.54, 1.807) is 24.3 Å². The normalized spacial score (nSPS) is 14.3. The highest BCUT2D eigenvalue weighted by Crippen LogP contribution is 2.16. The summed E-state index contributed by atoms with van der Waals surface area (Å²) in [6.45, 7) is 3.12. The average Bonchev–Trinajstić information content (AvgIpc) is 2.63. The molecule has 1 amide bonds. The van der Waals surface area contributed by atoms with Gasteiger partial charge in [0.25, 0.3) is 5.91 Å². The Balaban J connectivity index is 1.65. The van der Waals surface area contributed by atoms with Gasteiger partial charge in [0, 0.05) is 24.3 Å². The van der Waals surface area contributed by atoms with Crippen molar-refractivity contribution in [2.45, 2.75) is 26.2 Å². The van der Waals surface area contributed by atoms with Gasteiger partial charge in [-0.05, 0) is 62.6 Å². The van der Waals surface area contributed by atoms with Crippen LogP contribution < -0.4 is 5.32 Å². The number of anilines is 2. The molecule has 0 bridgehead atoms. The van der Waals surface area contributed by atoms with E-state index >= 15 is 0 Å². The summed E-state index contributed by atoms with van der Waals surface area (Å²) in [5.41, 5.74) is 1.84. The molecule has 1 aliphatic rings. The van der Waals surface area contributed by atoms with Crippen molar-refractivity contribution in [3.63, 3.8) is 0 Å². The molecule has 1 aliphatic heterocycles. The molecule has 1 aromatic heterocycles. The van der Waals surface area contributed by atoms with E-state index in [0.717, 1.165) is 31.6 Å². The van der Waals surface area contributed by atoms with Gasteiger partial charge in [0.2, 0.25) is 0 Å². The van der Waals surface area contributed by atoms with Gasteiger partial charge >= 0.3 is 0 Å². The first-order chi connectivity index (χ1) is 11.6. The molecule has 3 rings (SSSR count). The number of hydrogen-bond donors (Lipinski definition) is 1. The monoisotopic (exact) mass is 324 g/mol. The second kappa shape index (κ2) is 7.21. The van der Waals surface area contributed by atoms with Crippen molar-refractivity contribution in [2.24, 2.45) is 0 Å². The number of nitrogens with zero attached hydrogens (tertiary/aromatic N) is 3. The Bertz CT molecular complexity index is 720. The number of carbonyl (C=O) groups excluding carboxylic acids is 2. The fourth-order valence-corrected chi connectivity index (χ4v) is 2.71. The van der Waals surface area contributed by atoms with E-state index in [0.29, 0.717) is 17.1 Å². The lowest BCUT2D eigenvalue weighted by atomic mass is 10.1. The Morgan fingerprint density at radius 3 is 2.25 bits per heavy atom. The first-order valence-electron chi connectivity index (χ1n) is 8.14. The maximum absolute atomic E-state index is 12.3. The maximum atomic E-state index is 12.3. The van der Waals surface area contributed by atoms with Gasteiger partial charge in [-0.3, -0.25) is 9.59 Å². The molecule has 24 heavy (non-hydrogen) atoms. The summed E-state index contributed by atoms with van der Waals surface area (Å²) in [5.74, 6) is 0.530. The van der Waals surface area contributed by atoms with Crippen LogP contribution >= 0.6 is 0 Å². The van der Waals surface area contributed by atoms with E-state index in [1.165, 1.54) is 13.3 Å². The highest BCUT2D eigenvalue weighted by atomic mass is 16.2. The van der Waals surface area contributed by atoms with Gasteiger partial charge in [-0.15, -0.1) is 10.2 Å². The lowest BCUT2D eigenvalue weighted by Gasteiger charge is -2.26. The van der Waals surface area contributed by atoms with E-state index in [9.17, 15) is 9.59 Å². The van der Waals surface area contributed by atoms with Crippen LogP contribution in [0.1, 0.15) is 47.0 Å². The molecule has 2 aromatic rings. The topological polar surface area (TPSA) is 75.2 Å². The number of amides is 1. The summed E-state index contributed by atoms with van der Waals surface area (Å²) in [5, 5.41) is 11.2.